The quantitative estimate of drug-likeness (QED) is 0.764. The molecule has 13 heteroatoms. The summed E-state index contributed by atoms with van der Waals surface area (Å²) in [5, 5.41) is 7.84. The molecule has 1 aliphatic rings. The number of nitrogens with zero attached hydrogens (tertiary/aromatic N) is 3. The van der Waals surface area contributed by atoms with Crippen molar-refractivity contribution >= 4 is 33.3 Å². The van der Waals surface area contributed by atoms with E-state index in [9.17, 15) is 26.4 Å². The third-order valence-corrected chi connectivity index (χ3v) is 6.34. The standard InChI is InChI=1S/C15H15ClF3N5O3S/c16-10-3-4-12(20-6-10)22-14(25)9-2-1-5-24(8-9)28(26,27)11-7-21-23-13(11)15(17,18)19/h3-4,6-7,9H,1-2,5,8H2,(H,21,23)(H,20,22,25). The van der Waals surface area contributed by atoms with Gasteiger partial charge in [0.05, 0.1) is 17.1 Å². The minimum absolute atomic E-state index is 0.00772. The zero-order chi connectivity index (χ0) is 20.5. The second-order valence-electron chi connectivity index (χ2n) is 6.16. The van der Waals surface area contributed by atoms with Gasteiger partial charge in [-0.1, -0.05) is 11.6 Å². The van der Waals surface area contributed by atoms with Crippen molar-refractivity contribution in [3.63, 3.8) is 0 Å². The monoisotopic (exact) mass is 437 g/mol. The number of aromatic nitrogens is 3. The Labute approximate surface area is 163 Å². The molecule has 0 bridgehead atoms. The maximum atomic E-state index is 13.0. The van der Waals surface area contributed by atoms with Crippen LogP contribution in [-0.4, -0.2) is 46.9 Å². The summed E-state index contributed by atoms with van der Waals surface area (Å²) in [6.07, 6.45) is -2.22. The van der Waals surface area contributed by atoms with Gasteiger partial charge in [-0.05, 0) is 25.0 Å². The Morgan fingerprint density at radius 2 is 2.07 bits per heavy atom. The van der Waals surface area contributed by atoms with Gasteiger partial charge < -0.3 is 5.32 Å². The SMILES string of the molecule is O=C(Nc1ccc(Cl)cn1)C1CCCN(S(=O)(=O)c2cn[nH]c2C(F)(F)F)C1. The van der Waals surface area contributed by atoms with E-state index >= 15 is 0 Å². The molecule has 1 amide bonds. The highest BCUT2D eigenvalue weighted by Crippen LogP contribution is 2.34. The zero-order valence-electron chi connectivity index (χ0n) is 14.2. The number of carbonyl (C=O) groups is 1. The highest BCUT2D eigenvalue weighted by atomic mass is 35.5. The van der Waals surface area contributed by atoms with E-state index in [0.717, 1.165) is 4.31 Å². The number of hydrogen-bond acceptors (Lipinski definition) is 5. The summed E-state index contributed by atoms with van der Waals surface area (Å²) in [5.74, 6) is -0.969. The van der Waals surface area contributed by atoms with Gasteiger partial charge in [-0.2, -0.15) is 22.6 Å². The first kappa shape index (κ1) is 20.6. The van der Waals surface area contributed by atoms with Crippen molar-refractivity contribution in [2.24, 2.45) is 5.92 Å². The molecular formula is C15H15ClF3N5O3S. The number of piperidine rings is 1. The largest absolute Gasteiger partial charge is 0.434 e. The first-order valence-corrected chi connectivity index (χ1v) is 9.94. The van der Waals surface area contributed by atoms with Crippen LogP contribution in [0.3, 0.4) is 0 Å². The molecule has 1 saturated heterocycles. The average molecular weight is 438 g/mol. The van der Waals surface area contributed by atoms with Crippen LogP contribution in [-0.2, 0) is 21.0 Å². The summed E-state index contributed by atoms with van der Waals surface area (Å²) in [4.78, 5) is 15.4. The second kappa shape index (κ2) is 7.68. The van der Waals surface area contributed by atoms with E-state index in [4.69, 9.17) is 11.6 Å². The first-order valence-electron chi connectivity index (χ1n) is 8.12. The molecular weight excluding hydrogens is 423 g/mol. The number of nitrogens with one attached hydrogen (secondary N) is 2. The van der Waals surface area contributed by atoms with E-state index in [1.54, 1.807) is 5.10 Å². The molecule has 0 spiro atoms. The zero-order valence-corrected chi connectivity index (χ0v) is 15.8. The fourth-order valence-corrected chi connectivity index (χ4v) is 4.61. The molecule has 1 aliphatic heterocycles. The number of alkyl halides is 3. The van der Waals surface area contributed by atoms with E-state index in [0.29, 0.717) is 24.1 Å². The van der Waals surface area contributed by atoms with Gasteiger partial charge in [-0.25, -0.2) is 13.4 Å². The molecule has 28 heavy (non-hydrogen) atoms. The molecule has 1 fully saturated rings. The van der Waals surface area contributed by atoms with E-state index < -0.39 is 38.6 Å². The normalized spacial score (nSPS) is 18.8. The van der Waals surface area contributed by atoms with Crippen LogP contribution in [0.4, 0.5) is 19.0 Å². The van der Waals surface area contributed by atoms with Crippen molar-refractivity contribution in [1.29, 1.82) is 0 Å². The molecule has 2 aromatic heterocycles. The Hall–Kier alpha value is -2.18. The van der Waals surface area contributed by atoms with Gasteiger partial charge in [0, 0.05) is 19.3 Å². The molecule has 2 N–H and O–H groups in total. The van der Waals surface area contributed by atoms with Crippen LogP contribution in [0.5, 0.6) is 0 Å². The number of anilines is 1. The summed E-state index contributed by atoms with van der Waals surface area (Å²) >= 11 is 5.72. The lowest BCUT2D eigenvalue weighted by Crippen LogP contribution is -2.44. The number of carbonyl (C=O) groups excluding carboxylic acids is 1. The van der Waals surface area contributed by atoms with Crippen LogP contribution in [0.2, 0.25) is 5.02 Å². The van der Waals surface area contributed by atoms with Crippen LogP contribution < -0.4 is 5.32 Å². The third kappa shape index (κ3) is 4.28. The molecule has 1 unspecified atom stereocenters. The lowest BCUT2D eigenvalue weighted by molar-refractivity contribution is -0.143. The van der Waals surface area contributed by atoms with E-state index in [1.165, 1.54) is 18.3 Å². The van der Waals surface area contributed by atoms with Gasteiger partial charge in [0.25, 0.3) is 0 Å². The molecule has 3 rings (SSSR count). The molecule has 0 saturated carbocycles. The number of aromatic amines is 1. The number of rotatable bonds is 4. The van der Waals surface area contributed by atoms with Crippen LogP contribution in [0, 0.1) is 5.92 Å². The van der Waals surface area contributed by atoms with Crippen molar-refractivity contribution in [1.82, 2.24) is 19.5 Å². The smallest absolute Gasteiger partial charge is 0.310 e. The van der Waals surface area contributed by atoms with Crippen LogP contribution in [0.25, 0.3) is 0 Å². The third-order valence-electron chi connectivity index (χ3n) is 4.24. The van der Waals surface area contributed by atoms with Gasteiger partial charge in [-0.15, -0.1) is 0 Å². The van der Waals surface area contributed by atoms with E-state index in [1.807, 2.05) is 0 Å². The Kier molecular flexibility index (Phi) is 5.64. The van der Waals surface area contributed by atoms with Gasteiger partial charge >= 0.3 is 6.18 Å². The number of hydrogen-bond donors (Lipinski definition) is 2. The van der Waals surface area contributed by atoms with Gasteiger partial charge in [0.1, 0.15) is 10.7 Å². The lowest BCUT2D eigenvalue weighted by Gasteiger charge is -2.31. The number of amides is 1. The minimum atomic E-state index is -4.90. The maximum absolute atomic E-state index is 13.0. The van der Waals surface area contributed by atoms with E-state index in [2.05, 4.69) is 15.4 Å². The van der Waals surface area contributed by atoms with Crippen molar-refractivity contribution < 1.29 is 26.4 Å². The first-order chi connectivity index (χ1) is 13.1. The Bertz CT molecular complexity index is 962. The molecule has 2 aromatic rings. The predicted octanol–water partition coefficient (Wildman–Crippen LogP) is 2.52. The summed E-state index contributed by atoms with van der Waals surface area (Å²) in [5.41, 5.74) is -1.44. The van der Waals surface area contributed by atoms with Crippen LogP contribution in [0.1, 0.15) is 18.5 Å². The van der Waals surface area contributed by atoms with Gasteiger partial charge in [0.15, 0.2) is 5.69 Å². The molecule has 0 aromatic carbocycles. The van der Waals surface area contributed by atoms with Crippen molar-refractivity contribution in [2.75, 3.05) is 18.4 Å². The highest BCUT2D eigenvalue weighted by Gasteiger charge is 2.42. The number of halogens is 4. The molecule has 0 radical (unpaired) electrons. The van der Waals surface area contributed by atoms with Crippen LogP contribution in [0.15, 0.2) is 29.4 Å². The van der Waals surface area contributed by atoms with Crippen LogP contribution >= 0.6 is 11.6 Å². The lowest BCUT2D eigenvalue weighted by atomic mass is 9.99. The fourth-order valence-electron chi connectivity index (χ4n) is 2.87. The van der Waals surface area contributed by atoms with Crippen molar-refractivity contribution in [2.45, 2.75) is 23.9 Å². The number of H-pyrrole nitrogens is 1. The summed E-state index contributed by atoms with van der Waals surface area (Å²) < 4.78 is 65.3. The van der Waals surface area contributed by atoms with Gasteiger partial charge in [0.2, 0.25) is 15.9 Å². The molecule has 3 heterocycles. The Balaban J connectivity index is 1.76. The second-order valence-corrected chi connectivity index (χ2v) is 8.50. The summed E-state index contributed by atoms with van der Waals surface area (Å²) in [7, 11) is -4.47. The predicted molar refractivity (Wildman–Crippen MR) is 92.9 cm³/mol. The highest BCUT2D eigenvalue weighted by molar-refractivity contribution is 7.89. The molecule has 1 atom stereocenters. The molecule has 0 aliphatic carbocycles. The van der Waals surface area contributed by atoms with Gasteiger partial charge in [-0.3, -0.25) is 9.89 Å². The molecule has 8 nitrogen and oxygen atoms in total. The van der Waals surface area contributed by atoms with E-state index in [-0.39, 0.29) is 18.9 Å². The number of sulfonamides is 1. The number of pyridine rings is 1. The minimum Gasteiger partial charge on any atom is -0.310 e. The Morgan fingerprint density at radius 3 is 2.71 bits per heavy atom. The fraction of sp³-hybridized carbons (Fsp3) is 0.400. The molecule has 152 valence electrons. The van der Waals surface area contributed by atoms with Crippen molar-refractivity contribution in [3.8, 4) is 0 Å². The van der Waals surface area contributed by atoms with Crippen molar-refractivity contribution in [3.05, 3.63) is 35.2 Å². The Morgan fingerprint density at radius 1 is 1.32 bits per heavy atom. The summed E-state index contributed by atoms with van der Waals surface area (Å²) in [6, 6.07) is 3.01. The summed E-state index contributed by atoms with van der Waals surface area (Å²) in [6.45, 7) is -0.238. The maximum Gasteiger partial charge on any atom is 0.434 e. The topological polar surface area (TPSA) is 108 Å². The average Bonchev–Trinajstić information content (AvgIpc) is 3.15.